The van der Waals surface area contributed by atoms with Gasteiger partial charge in [0.1, 0.15) is 5.78 Å². The largest absolute Gasteiger partial charge is 0.523 e. The molecule has 0 aliphatic heterocycles. The smallest absolute Gasteiger partial charge is 0.298 e. The van der Waals surface area contributed by atoms with Crippen LogP contribution in [0.5, 0.6) is 0 Å². The summed E-state index contributed by atoms with van der Waals surface area (Å²) in [5, 5.41) is -0.733. The lowest BCUT2D eigenvalue weighted by molar-refractivity contribution is -0.119. The van der Waals surface area contributed by atoms with Crippen LogP contribution in [0.4, 0.5) is 13.2 Å². The zero-order valence-corrected chi connectivity index (χ0v) is 11.6. The van der Waals surface area contributed by atoms with Gasteiger partial charge in [0.05, 0.1) is 5.25 Å². The number of alkyl halides is 3. The number of Topliss-reactive ketones (excluding diaryl/α,β-unsaturated/α-hetero) is 1. The summed E-state index contributed by atoms with van der Waals surface area (Å²) in [5.41, 5.74) is -5.45. The van der Waals surface area contributed by atoms with Crippen molar-refractivity contribution in [2.75, 3.05) is 12.5 Å². The molecule has 0 radical (unpaired) electrons. The van der Waals surface area contributed by atoms with Crippen LogP contribution in [0.2, 0.25) is 0 Å². The van der Waals surface area contributed by atoms with Gasteiger partial charge in [-0.15, -0.1) is 10.3 Å². The summed E-state index contributed by atoms with van der Waals surface area (Å²) in [6, 6.07) is 0. The Morgan fingerprint density at radius 2 is 1.78 bits per heavy atom. The van der Waals surface area contributed by atoms with E-state index in [1.165, 1.54) is 12.5 Å². The molecule has 18 heavy (non-hydrogen) atoms. The standard InChI is InChI=1S/C9H15F3O4S2/c1-17(2,8-6-4-3-5-7(8)13)16-18(14,15)9(10,11)12/h8H,3-6H2,1-2H3. The van der Waals surface area contributed by atoms with E-state index < -0.39 is 31.2 Å². The minimum absolute atomic E-state index is 0.210. The van der Waals surface area contributed by atoms with Crippen molar-refractivity contribution in [2.45, 2.75) is 36.4 Å². The molecule has 9 heteroatoms. The fourth-order valence-electron chi connectivity index (χ4n) is 1.87. The van der Waals surface area contributed by atoms with Crippen LogP contribution in [0, 0.1) is 0 Å². The summed E-state index contributed by atoms with van der Waals surface area (Å²) in [4.78, 5) is 11.6. The monoisotopic (exact) mass is 308 g/mol. The molecule has 1 saturated carbocycles. The minimum Gasteiger partial charge on any atom is -0.298 e. The van der Waals surface area contributed by atoms with Crippen molar-refractivity contribution in [1.29, 1.82) is 0 Å². The fraction of sp³-hybridized carbons (Fsp3) is 0.889. The minimum atomic E-state index is -5.64. The number of ketones is 1. The van der Waals surface area contributed by atoms with E-state index in [-0.39, 0.29) is 12.2 Å². The average Bonchev–Trinajstić information content (AvgIpc) is 2.14. The topological polar surface area (TPSA) is 60.4 Å². The van der Waals surface area contributed by atoms with Gasteiger partial charge in [-0.2, -0.15) is 21.6 Å². The second-order valence-electron chi connectivity index (χ2n) is 4.48. The van der Waals surface area contributed by atoms with Crippen molar-refractivity contribution in [3.63, 3.8) is 0 Å². The van der Waals surface area contributed by atoms with Gasteiger partial charge in [-0.25, -0.2) is 3.63 Å². The summed E-state index contributed by atoms with van der Waals surface area (Å²) < 4.78 is 63.0. The fourth-order valence-corrected chi connectivity index (χ4v) is 5.89. The van der Waals surface area contributed by atoms with Crippen LogP contribution in [0.1, 0.15) is 25.7 Å². The van der Waals surface area contributed by atoms with Crippen molar-refractivity contribution < 1.29 is 30.0 Å². The number of carbonyl (C=O) groups excluding carboxylic acids is 1. The number of halogens is 3. The van der Waals surface area contributed by atoms with Crippen LogP contribution >= 0.6 is 10.3 Å². The van der Waals surface area contributed by atoms with Gasteiger partial charge in [0.2, 0.25) is 0 Å². The second-order valence-corrected chi connectivity index (χ2v) is 9.58. The number of carbonyl (C=O) groups is 1. The maximum atomic E-state index is 12.2. The van der Waals surface area contributed by atoms with Crippen molar-refractivity contribution >= 4 is 26.2 Å². The van der Waals surface area contributed by atoms with Crippen molar-refractivity contribution in [3.05, 3.63) is 0 Å². The zero-order chi connectivity index (χ0) is 14.2. The highest BCUT2D eigenvalue weighted by atomic mass is 32.3. The molecule has 1 aliphatic carbocycles. The number of hydrogen-bond acceptors (Lipinski definition) is 4. The summed E-state index contributed by atoms with van der Waals surface area (Å²) in [5.74, 6) is -0.210. The van der Waals surface area contributed by atoms with Gasteiger partial charge < -0.3 is 0 Å². The Labute approximate surface area is 106 Å². The molecule has 1 fully saturated rings. The van der Waals surface area contributed by atoms with Gasteiger partial charge in [-0.1, -0.05) is 6.42 Å². The van der Waals surface area contributed by atoms with E-state index in [1.807, 2.05) is 0 Å². The van der Waals surface area contributed by atoms with Crippen LogP contribution < -0.4 is 0 Å². The first-order valence-electron chi connectivity index (χ1n) is 5.24. The lowest BCUT2D eigenvalue weighted by atomic mass is 9.99. The number of hydrogen-bond donors (Lipinski definition) is 0. The first-order chi connectivity index (χ1) is 7.97. The van der Waals surface area contributed by atoms with E-state index in [0.29, 0.717) is 19.3 Å². The highest BCUT2D eigenvalue weighted by Gasteiger charge is 2.51. The van der Waals surface area contributed by atoms with Crippen molar-refractivity contribution in [2.24, 2.45) is 0 Å². The predicted octanol–water partition coefficient (Wildman–Crippen LogP) is 2.34. The molecular weight excluding hydrogens is 293 g/mol. The highest BCUT2D eigenvalue weighted by Crippen LogP contribution is 2.53. The van der Waals surface area contributed by atoms with Crippen LogP contribution in [-0.2, 0) is 18.5 Å². The van der Waals surface area contributed by atoms with Gasteiger partial charge in [0, 0.05) is 6.42 Å². The Kier molecular flexibility index (Phi) is 4.39. The Balaban J connectivity index is 2.91. The molecule has 0 saturated heterocycles. The van der Waals surface area contributed by atoms with Gasteiger partial charge in [0.25, 0.3) is 0 Å². The Morgan fingerprint density at radius 3 is 2.22 bits per heavy atom. The average molecular weight is 308 g/mol. The molecule has 1 unspecified atom stereocenters. The van der Waals surface area contributed by atoms with Gasteiger partial charge in [-0.05, 0) is 25.4 Å². The third-order valence-corrected chi connectivity index (χ3v) is 7.29. The van der Waals surface area contributed by atoms with E-state index in [1.54, 1.807) is 0 Å². The Bertz CT molecular complexity index is 428. The molecule has 0 heterocycles. The summed E-state index contributed by atoms with van der Waals surface area (Å²) in [7, 11) is -8.27. The molecule has 4 nitrogen and oxygen atoms in total. The molecule has 0 amide bonds. The van der Waals surface area contributed by atoms with E-state index in [9.17, 15) is 26.4 Å². The maximum absolute atomic E-state index is 12.2. The Hall–Kier alpha value is -0.280. The quantitative estimate of drug-likeness (QED) is 0.751. The van der Waals surface area contributed by atoms with Crippen LogP contribution in [0.3, 0.4) is 0 Å². The van der Waals surface area contributed by atoms with E-state index in [4.69, 9.17) is 0 Å². The predicted molar refractivity (Wildman–Crippen MR) is 62.8 cm³/mol. The first kappa shape index (κ1) is 15.8. The molecule has 108 valence electrons. The van der Waals surface area contributed by atoms with E-state index in [0.717, 1.165) is 0 Å². The summed E-state index contributed by atoms with van der Waals surface area (Å²) in [6.07, 6.45) is 4.61. The van der Waals surface area contributed by atoms with Gasteiger partial charge in [0.15, 0.2) is 0 Å². The molecule has 0 spiro atoms. The Morgan fingerprint density at radius 1 is 1.22 bits per heavy atom. The third-order valence-electron chi connectivity index (χ3n) is 2.73. The molecular formula is C9H15F3O4S2. The molecule has 0 aromatic heterocycles. The third kappa shape index (κ3) is 3.39. The lowest BCUT2D eigenvalue weighted by Gasteiger charge is -2.39. The van der Waals surface area contributed by atoms with Crippen LogP contribution in [0.15, 0.2) is 0 Å². The highest BCUT2D eigenvalue weighted by molar-refractivity contribution is 8.33. The summed E-state index contributed by atoms with van der Waals surface area (Å²) >= 11 is 0. The van der Waals surface area contributed by atoms with Crippen molar-refractivity contribution in [1.82, 2.24) is 0 Å². The molecule has 0 aromatic carbocycles. The second kappa shape index (κ2) is 5.01. The molecule has 1 aliphatic rings. The molecule has 0 aromatic rings. The van der Waals surface area contributed by atoms with Crippen molar-refractivity contribution in [3.8, 4) is 0 Å². The van der Waals surface area contributed by atoms with Gasteiger partial charge in [-0.3, -0.25) is 4.79 Å². The normalized spacial score (nSPS) is 24.1. The molecule has 0 N–H and O–H groups in total. The first-order valence-corrected chi connectivity index (χ1v) is 9.09. The summed E-state index contributed by atoms with van der Waals surface area (Å²) in [6.45, 7) is 0. The zero-order valence-electron chi connectivity index (χ0n) is 9.99. The molecule has 1 atom stereocenters. The SMILES string of the molecule is CS(C)(OS(=O)(=O)C(F)(F)F)C1CCCCC1=O. The number of rotatable bonds is 3. The maximum Gasteiger partial charge on any atom is 0.523 e. The molecule has 0 bridgehead atoms. The van der Waals surface area contributed by atoms with E-state index in [2.05, 4.69) is 3.63 Å². The van der Waals surface area contributed by atoms with Crippen LogP contribution in [0.25, 0.3) is 0 Å². The van der Waals surface area contributed by atoms with Gasteiger partial charge >= 0.3 is 15.6 Å². The van der Waals surface area contributed by atoms with E-state index >= 15 is 0 Å². The van der Waals surface area contributed by atoms with Crippen LogP contribution in [-0.4, -0.2) is 37.5 Å². The molecule has 1 rings (SSSR count). The lowest BCUT2D eigenvalue weighted by Crippen LogP contribution is -2.35.